The third kappa shape index (κ3) is 6.45. The molecule has 0 spiro atoms. The summed E-state index contributed by atoms with van der Waals surface area (Å²) >= 11 is 0. The van der Waals surface area contributed by atoms with Crippen molar-refractivity contribution in [3.05, 3.63) is 29.8 Å². The molecule has 0 bridgehead atoms. The van der Waals surface area contributed by atoms with Crippen LogP contribution in [0.3, 0.4) is 0 Å². The highest BCUT2D eigenvalue weighted by Gasteiger charge is 2.08. The molecular formula is C19H33N. The molecule has 0 aromatic heterocycles. The molecule has 0 N–H and O–H groups in total. The van der Waals surface area contributed by atoms with Crippen molar-refractivity contribution in [3.8, 4) is 0 Å². The van der Waals surface area contributed by atoms with E-state index < -0.39 is 0 Å². The van der Waals surface area contributed by atoms with E-state index >= 15 is 0 Å². The molecule has 0 fully saturated rings. The van der Waals surface area contributed by atoms with Crippen molar-refractivity contribution < 1.29 is 0 Å². The first-order valence-electron chi connectivity index (χ1n) is 8.60. The molecule has 1 heteroatoms. The number of benzene rings is 1. The van der Waals surface area contributed by atoms with Gasteiger partial charge in [0.1, 0.15) is 0 Å². The molecule has 0 aliphatic heterocycles. The fourth-order valence-electron chi connectivity index (χ4n) is 2.73. The highest BCUT2D eigenvalue weighted by molar-refractivity contribution is 5.52. The second-order valence-corrected chi connectivity index (χ2v) is 5.89. The van der Waals surface area contributed by atoms with Crippen LogP contribution < -0.4 is 4.90 Å². The third-order valence-corrected chi connectivity index (χ3v) is 4.02. The van der Waals surface area contributed by atoms with Crippen molar-refractivity contribution in [1.82, 2.24) is 0 Å². The van der Waals surface area contributed by atoms with Gasteiger partial charge in [-0.15, -0.1) is 0 Å². The van der Waals surface area contributed by atoms with Gasteiger partial charge in [0, 0.05) is 18.8 Å². The zero-order valence-electron chi connectivity index (χ0n) is 13.8. The van der Waals surface area contributed by atoms with Gasteiger partial charge in [-0.1, -0.05) is 70.6 Å². The normalized spacial score (nSPS) is 10.8. The second kappa shape index (κ2) is 10.8. The van der Waals surface area contributed by atoms with E-state index in [1.807, 2.05) is 0 Å². The Morgan fingerprint density at radius 2 is 1.30 bits per heavy atom. The van der Waals surface area contributed by atoms with Crippen LogP contribution in [0.25, 0.3) is 0 Å². The lowest BCUT2D eigenvalue weighted by Gasteiger charge is -2.26. The molecule has 0 saturated heterocycles. The van der Waals surface area contributed by atoms with Crippen molar-refractivity contribution >= 4 is 5.69 Å². The van der Waals surface area contributed by atoms with Crippen LogP contribution in [-0.2, 0) is 0 Å². The quantitative estimate of drug-likeness (QED) is 0.450. The Morgan fingerprint density at radius 1 is 0.750 bits per heavy atom. The van der Waals surface area contributed by atoms with Crippen molar-refractivity contribution in [2.45, 2.75) is 72.1 Å². The first-order chi connectivity index (χ1) is 9.79. The number of anilines is 1. The molecule has 0 aliphatic rings. The van der Waals surface area contributed by atoms with E-state index in [1.54, 1.807) is 0 Å². The topological polar surface area (TPSA) is 3.24 Å². The van der Waals surface area contributed by atoms with Gasteiger partial charge in [0.2, 0.25) is 0 Å². The zero-order chi connectivity index (χ0) is 14.6. The molecule has 0 unspecified atom stereocenters. The predicted octanol–water partition coefficient (Wildman–Crippen LogP) is 5.96. The first kappa shape index (κ1) is 17.1. The summed E-state index contributed by atoms with van der Waals surface area (Å²) in [6.45, 7) is 9.24. The number of rotatable bonds is 11. The van der Waals surface area contributed by atoms with Crippen molar-refractivity contribution in [1.29, 1.82) is 0 Å². The highest BCUT2D eigenvalue weighted by atomic mass is 15.1. The molecule has 0 saturated carbocycles. The second-order valence-electron chi connectivity index (χ2n) is 5.89. The van der Waals surface area contributed by atoms with E-state index in [1.165, 1.54) is 75.7 Å². The highest BCUT2D eigenvalue weighted by Crippen LogP contribution is 2.21. The van der Waals surface area contributed by atoms with Gasteiger partial charge in [0.25, 0.3) is 0 Å². The van der Waals surface area contributed by atoms with Gasteiger partial charge >= 0.3 is 0 Å². The van der Waals surface area contributed by atoms with Crippen LogP contribution in [0.1, 0.15) is 70.8 Å². The summed E-state index contributed by atoms with van der Waals surface area (Å²) in [5.41, 5.74) is 2.86. The summed E-state index contributed by atoms with van der Waals surface area (Å²) in [6.07, 6.45) is 10.8. The van der Waals surface area contributed by atoms with E-state index in [2.05, 4.69) is 49.9 Å². The lowest BCUT2D eigenvalue weighted by atomic mass is 10.1. The van der Waals surface area contributed by atoms with E-state index in [0.29, 0.717) is 0 Å². The van der Waals surface area contributed by atoms with E-state index in [-0.39, 0.29) is 0 Å². The summed E-state index contributed by atoms with van der Waals surface area (Å²) in [5.74, 6) is 0. The molecule has 0 heterocycles. The maximum absolute atomic E-state index is 2.61. The largest absolute Gasteiger partial charge is 0.371 e. The Hall–Kier alpha value is -0.980. The number of hydrogen-bond acceptors (Lipinski definition) is 1. The van der Waals surface area contributed by atoms with E-state index in [4.69, 9.17) is 0 Å². The third-order valence-electron chi connectivity index (χ3n) is 4.02. The van der Waals surface area contributed by atoms with Gasteiger partial charge in [0.05, 0.1) is 0 Å². The maximum atomic E-state index is 2.61. The smallest absolute Gasteiger partial charge is 0.0395 e. The standard InChI is InChI=1S/C19H33N/c1-4-6-8-12-16-20(17-13-9-7-5-2)19-15-11-10-14-18(19)3/h10-11,14-15H,4-9,12-13,16-17H2,1-3H3. The zero-order valence-corrected chi connectivity index (χ0v) is 13.8. The van der Waals surface area contributed by atoms with E-state index in [9.17, 15) is 0 Å². The van der Waals surface area contributed by atoms with Crippen LogP contribution in [0.2, 0.25) is 0 Å². The van der Waals surface area contributed by atoms with Crippen LogP contribution in [-0.4, -0.2) is 13.1 Å². The molecule has 114 valence electrons. The molecule has 20 heavy (non-hydrogen) atoms. The predicted molar refractivity (Wildman–Crippen MR) is 91.7 cm³/mol. The molecule has 1 aromatic carbocycles. The summed E-state index contributed by atoms with van der Waals surface area (Å²) < 4.78 is 0. The average Bonchev–Trinajstić information content (AvgIpc) is 2.46. The Bertz CT molecular complexity index is 333. The molecule has 1 nitrogen and oxygen atoms in total. The lowest BCUT2D eigenvalue weighted by Crippen LogP contribution is -2.26. The number of hydrogen-bond donors (Lipinski definition) is 0. The molecule has 1 aromatic rings. The fourth-order valence-corrected chi connectivity index (χ4v) is 2.73. The minimum Gasteiger partial charge on any atom is -0.371 e. The summed E-state index contributed by atoms with van der Waals surface area (Å²) in [7, 11) is 0. The first-order valence-corrected chi connectivity index (χ1v) is 8.60. The van der Waals surface area contributed by atoms with Gasteiger partial charge in [-0.2, -0.15) is 0 Å². The van der Waals surface area contributed by atoms with Crippen molar-refractivity contribution in [2.75, 3.05) is 18.0 Å². The average molecular weight is 275 g/mol. The summed E-state index contributed by atoms with van der Waals surface area (Å²) in [4.78, 5) is 2.61. The molecule has 1 rings (SSSR count). The fraction of sp³-hybridized carbons (Fsp3) is 0.684. The molecular weight excluding hydrogens is 242 g/mol. The van der Waals surface area contributed by atoms with Gasteiger partial charge < -0.3 is 4.90 Å². The Labute approximate surface area is 126 Å². The van der Waals surface area contributed by atoms with Gasteiger partial charge in [-0.05, 0) is 31.4 Å². The monoisotopic (exact) mass is 275 g/mol. The maximum Gasteiger partial charge on any atom is 0.0395 e. The van der Waals surface area contributed by atoms with Crippen LogP contribution in [0.4, 0.5) is 5.69 Å². The Kier molecular flexibility index (Phi) is 9.19. The number of unbranched alkanes of at least 4 members (excludes halogenated alkanes) is 6. The number of aryl methyl sites for hydroxylation is 1. The van der Waals surface area contributed by atoms with Gasteiger partial charge in [-0.3, -0.25) is 0 Å². The Balaban J connectivity index is 2.52. The SMILES string of the molecule is CCCCCCN(CCCCCC)c1ccccc1C. The van der Waals surface area contributed by atoms with Crippen molar-refractivity contribution in [3.63, 3.8) is 0 Å². The van der Waals surface area contributed by atoms with E-state index in [0.717, 1.165) is 0 Å². The Morgan fingerprint density at radius 3 is 1.80 bits per heavy atom. The minimum atomic E-state index is 1.22. The van der Waals surface area contributed by atoms with Gasteiger partial charge in [-0.25, -0.2) is 0 Å². The van der Waals surface area contributed by atoms with Crippen LogP contribution in [0.15, 0.2) is 24.3 Å². The number of nitrogens with zero attached hydrogens (tertiary/aromatic N) is 1. The minimum absolute atomic E-state index is 1.22. The molecule has 0 aliphatic carbocycles. The van der Waals surface area contributed by atoms with Crippen LogP contribution in [0, 0.1) is 6.92 Å². The summed E-state index contributed by atoms with van der Waals surface area (Å²) in [5, 5.41) is 0. The van der Waals surface area contributed by atoms with Crippen LogP contribution >= 0.6 is 0 Å². The van der Waals surface area contributed by atoms with Gasteiger partial charge in [0.15, 0.2) is 0 Å². The number of para-hydroxylation sites is 1. The van der Waals surface area contributed by atoms with Crippen LogP contribution in [0.5, 0.6) is 0 Å². The summed E-state index contributed by atoms with van der Waals surface area (Å²) in [6, 6.07) is 8.84. The van der Waals surface area contributed by atoms with Crippen molar-refractivity contribution in [2.24, 2.45) is 0 Å². The lowest BCUT2D eigenvalue weighted by molar-refractivity contribution is 0.608. The molecule has 0 amide bonds. The molecule has 0 atom stereocenters. The molecule has 0 radical (unpaired) electrons.